The Hall–Kier alpha value is -0.940. The average molecular weight is 241 g/mol. The van der Waals surface area contributed by atoms with Gasteiger partial charge in [-0.1, -0.05) is 0 Å². The summed E-state index contributed by atoms with van der Waals surface area (Å²) in [6, 6.07) is 3.27. The minimum Gasteiger partial charge on any atom is -0.475 e. The molecule has 5 heteroatoms. The third-order valence-electron chi connectivity index (χ3n) is 2.57. The summed E-state index contributed by atoms with van der Waals surface area (Å²) in [5, 5.41) is 8.74. The topological polar surface area (TPSA) is 53.7 Å². The minimum absolute atomic E-state index is 0.0270. The minimum atomic E-state index is -1.00. The number of carboxylic acids is 1. The maximum atomic E-state index is 10.7. The van der Waals surface area contributed by atoms with Crippen LogP contribution in [-0.2, 0) is 6.54 Å². The Morgan fingerprint density at radius 1 is 1.44 bits per heavy atom. The van der Waals surface area contributed by atoms with Crippen molar-refractivity contribution in [2.75, 3.05) is 24.6 Å². The molecule has 2 rings (SSSR count). The van der Waals surface area contributed by atoms with E-state index in [2.05, 4.69) is 4.90 Å². The van der Waals surface area contributed by atoms with Crippen molar-refractivity contribution in [3.63, 3.8) is 0 Å². The summed E-state index contributed by atoms with van der Waals surface area (Å²) in [7, 11) is 0. The van der Waals surface area contributed by atoms with E-state index in [0.717, 1.165) is 24.6 Å². The fourth-order valence-electron chi connectivity index (χ4n) is 1.75. The zero-order chi connectivity index (χ0) is 11.4. The van der Waals surface area contributed by atoms with Gasteiger partial charge in [0.05, 0.1) is 6.54 Å². The molecular weight excluding hydrogens is 226 g/mol. The van der Waals surface area contributed by atoms with Crippen LogP contribution >= 0.6 is 11.8 Å². The number of furan rings is 1. The first-order valence-electron chi connectivity index (χ1n) is 5.38. The van der Waals surface area contributed by atoms with Gasteiger partial charge in [0, 0.05) is 12.3 Å². The van der Waals surface area contributed by atoms with Crippen molar-refractivity contribution in [3.8, 4) is 0 Å². The Balaban J connectivity index is 1.94. The lowest BCUT2D eigenvalue weighted by Crippen LogP contribution is -2.25. The number of nitrogens with zero attached hydrogens (tertiary/aromatic N) is 1. The highest BCUT2D eigenvalue weighted by atomic mass is 32.2. The molecule has 0 spiro atoms. The van der Waals surface area contributed by atoms with Crippen LogP contribution in [0.3, 0.4) is 0 Å². The molecule has 0 aromatic carbocycles. The van der Waals surface area contributed by atoms with Gasteiger partial charge in [-0.2, -0.15) is 11.8 Å². The van der Waals surface area contributed by atoms with Gasteiger partial charge in [-0.3, -0.25) is 4.90 Å². The second kappa shape index (κ2) is 5.41. The number of carbonyl (C=O) groups is 1. The van der Waals surface area contributed by atoms with Gasteiger partial charge in [0.25, 0.3) is 0 Å². The SMILES string of the molecule is O=C(O)c1ccc(CN2CCCSCC2)o1. The molecule has 1 saturated heterocycles. The molecule has 1 aromatic heterocycles. The molecule has 16 heavy (non-hydrogen) atoms. The van der Waals surface area contributed by atoms with E-state index >= 15 is 0 Å². The summed E-state index contributed by atoms with van der Waals surface area (Å²) in [5.41, 5.74) is 0. The Labute approximate surface area is 98.6 Å². The second-order valence-corrected chi connectivity index (χ2v) is 5.04. The van der Waals surface area contributed by atoms with E-state index in [9.17, 15) is 4.79 Å². The number of hydrogen-bond donors (Lipinski definition) is 1. The largest absolute Gasteiger partial charge is 0.475 e. The highest BCUT2D eigenvalue weighted by molar-refractivity contribution is 7.99. The van der Waals surface area contributed by atoms with E-state index in [1.165, 1.54) is 18.2 Å². The summed E-state index contributed by atoms with van der Waals surface area (Å²) >= 11 is 1.97. The molecule has 1 aliphatic rings. The summed E-state index contributed by atoms with van der Waals surface area (Å²) < 4.78 is 5.24. The lowest BCUT2D eigenvalue weighted by molar-refractivity contribution is 0.0658. The van der Waals surface area contributed by atoms with Crippen LogP contribution in [0.5, 0.6) is 0 Å². The third-order valence-corrected chi connectivity index (χ3v) is 3.62. The average Bonchev–Trinajstić information content (AvgIpc) is 2.56. The van der Waals surface area contributed by atoms with Crippen molar-refractivity contribution in [3.05, 3.63) is 23.7 Å². The first-order chi connectivity index (χ1) is 7.75. The Bertz CT molecular complexity index is 356. The van der Waals surface area contributed by atoms with Crippen molar-refractivity contribution >= 4 is 17.7 Å². The van der Waals surface area contributed by atoms with Crippen LogP contribution in [0.1, 0.15) is 22.7 Å². The van der Waals surface area contributed by atoms with Crippen LogP contribution in [-0.4, -0.2) is 40.6 Å². The standard InChI is InChI=1S/C11H15NO3S/c13-11(14)10-3-2-9(15-10)8-12-4-1-6-16-7-5-12/h2-3H,1,4-8H2,(H,13,14). The van der Waals surface area contributed by atoms with Crippen LogP contribution in [0, 0.1) is 0 Å². The van der Waals surface area contributed by atoms with Crippen molar-refractivity contribution in [2.24, 2.45) is 0 Å². The molecule has 0 unspecified atom stereocenters. The summed E-state index contributed by atoms with van der Waals surface area (Å²) in [4.78, 5) is 13.0. The van der Waals surface area contributed by atoms with Gasteiger partial charge >= 0.3 is 5.97 Å². The molecule has 0 saturated carbocycles. The van der Waals surface area contributed by atoms with Gasteiger partial charge in [-0.25, -0.2) is 4.79 Å². The molecule has 1 aliphatic heterocycles. The Morgan fingerprint density at radius 3 is 3.06 bits per heavy atom. The van der Waals surface area contributed by atoms with Crippen LogP contribution in [0.15, 0.2) is 16.5 Å². The van der Waals surface area contributed by atoms with Gasteiger partial charge < -0.3 is 9.52 Å². The van der Waals surface area contributed by atoms with E-state index in [1.807, 2.05) is 11.8 Å². The van der Waals surface area contributed by atoms with E-state index in [-0.39, 0.29) is 5.76 Å². The highest BCUT2D eigenvalue weighted by Gasteiger charge is 2.13. The van der Waals surface area contributed by atoms with Crippen LogP contribution < -0.4 is 0 Å². The normalized spacial score (nSPS) is 18.2. The second-order valence-electron chi connectivity index (χ2n) is 3.81. The lowest BCUT2D eigenvalue weighted by Gasteiger charge is -2.17. The molecule has 0 bridgehead atoms. The summed E-state index contributed by atoms with van der Waals surface area (Å²) in [6.07, 6.45) is 1.19. The van der Waals surface area contributed by atoms with Crippen LogP contribution in [0.2, 0.25) is 0 Å². The number of carboxylic acid groups (broad SMARTS) is 1. The van der Waals surface area contributed by atoms with Crippen molar-refractivity contribution in [2.45, 2.75) is 13.0 Å². The Morgan fingerprint density at radius 2 is 2.31 bits per heavy atom. The maximum Gasteiger partial charge on any atom is 0.371 e. The zero-order valence-corrected chi connectivity index (χ0v) is 9.83. The number of rotatable bonds is 3. The van der Waals surface area contributed by atoms with E-state index in [0.29, 0.717) is 6.54 Å². The number of hydrogen-bond acceptors (Lipinski definition) is 4. The summed E-state index contributed by atoms with van der Waals surface area (Å²) in [5.74, 6) is 2.13. The molecule has 4 nitrogen and oxygen atoms in total. The Kier molecular flexibility index (Phi) is 3.90. The molecule has 1 fully saturated rings. The predicted molar refractivity (Wildman–Crippen MR) is 62.9 cm³/mol. The number of aromatic carboxylic acids is 1. The third kappa shape index (κ3) is 3.02. The first kappa shape index (κ1) is 11.5. The molecule has 0 radical (unpaired) electrons. The number of thioether (sulfide) groups is 1. The maximum absolute atomic E-state index is 10.7. The molecular formula is C11H15NO3S. The lowest BCUT2D eigenvalue weighted by atomic mass is 10.3. The van der Waals surface area contributed by atoms with E-state index in [4.69, 9.17) is 9.52 Å². The molecule has 1 N–H and O–H groups in total. The molecule has 0 atom stereocenters. The van der Waals surface area contributed by atoms with Gasteiger partial charge in [0.1, 0.15) is 5.76 Å². The van der Waals surface area contributed by atoms with Crippen molar-refractivity contribution < 1.29 is 14.3 Å². The fraction of sp³-hybridized carbons (Fsp3) is 0.545. The fourth-order valence-corrected chi connectivity index (χ4v) is 2.68. The van der Waals surface area contributed by atoms with Crippen molar-refractivity contribution in [1.82, 2.24) is 4.90 Å². The predicted octanol–water partition coefficient (Wildman–Crippen LogP) is 1.92. The van der Waals surface area contributed by atoms with Gasteiger partial charge in [0.2, 0.25) is 5.76 Å². The van der Waals surface area contributed by atoms with Gasteiger partial charge in [-0.15, -0.1) is 0 Å². The van der Waals surface area contributed by atoms with Crippen LogP contribution in [0.4, 0.5) is 0 Å². The monoisotopic (exact) mass is 241 g/mol. The molecule has 0 aliphatic carbocycles. The summed E-state index contributed by atoms with van der Waals surface area (Å²) in [6.45, 7) is 2.83. The van der Waals surface area contributed by atoms with Gasteiger partial charge in [0.15, 0.2) is 0 Å². The molecule has 2 heterocycles. The highest BCUT2D eigenvalue weighted by Crippen LogP contribution is 2.15. The molecule has 88 valence electrons. The van der Waals surface area contributed by atoms with Crippen LogP contribution in [0.25, 0.3) is 0 Å². The van der Waals surface area contributed by atoms with E-state index < -0.39 is 5.97 Å². The smallest absolute Gasteiger partial charge is 0.371 e. The van der Waals surface area contributed by atoms with E-state index in [1.54, 1.807) is 6.07 Å². The van der Waals surface area contributed by atoms with Gasteiger partial charge in [-0.05, 0) is 30.9 Å². The zero-order valence-electron chi connectivity index (χ0n) is 9.02. The molecule has 1 aromatic rings. The quantitative estimate of drug-likeness (QED) is 0.876. The molecule has 0 amide bonds. The van der Waals surface area contributed by atoms with Crippen molar-refractivity contribution in [1.29, 1.82) is 0 Å². The first-order valence-corrected chi connectivity index (χ1v) is 6.53.